The van der Waals surface area contributed by atoms with E-state index in [-0.39, 0.29) is 5.41 Å². The van der Waals surface area contributed by atoms with Crippen LogP contribution in [0, 0.1) is 0 Å². The van der Waals surface area contributed by atoms with E-state index in [9.17, 15) is 0 Å². The molecule has 0 saturated carbocycles. The Labute approximate surface area is 311 Å². The average molecular weight is 682 g/mol. The van der Waals surface area contributed by atoms with Crippen molar-refractivity contribution in [2.75, 3.05) is 4.90 Å². The van der Waals surface area contributed by atoms with Crippen LogP contribution >= 0.6 is 0 Å². The number of nitrogens with zero attached hydrogens (tertiary/aromatic N) is 1. The van der Waals surface area contributed by atoms with Crippen LogP contribution in [0.4, 0.5) is 11.4 Å². The summed E-state index contributed by atoms with van der Waals surface area (Å²) in [4.78, 5) is 2.45. The normalized spacial score (nSPS) is 15.7. The molecular weight excluding hydrogens is 643 g/mol. The number of allylic oxidation sites excluding steroid dienone is 3. The van der Waals surface area contributed by atoms with E-state index >= 15 is 0 Å². The third kappa shape index (κ3) is 5.17. The molecule has 1 unspecified atom stereocenters. The van der Waals surface area contributed by atoms with Gasteiger partial charge in [-0.15, -0.1) is 0 Å². The van der Waals surface area contributed by atoms with Gasteiger partial charge in [-0.2, -0.15) is 0 Å². The molecule has 1 atom stereocenters. The second-order valence-corrected chi connectivity index (χ2v) is 14.9. The monoisotopic (exact) mass is 681 g/mol. The topological polar surface area (TPSA) is 16.4 Å². The molecular formula is C51H39NO. The fourth-order valence-electron chi connectivity index (χ4n) is 8.72. The maximum Gasteiger partial charge on any atom is 0.143 e. The van der Waals surface area contributed by atoms with Crippen molar-refractivity contribution >= 4 is 33.3 Å². The van der Waals surface area contributed by atoms with Crippen molar-refractivity contribution in [3.63, 3.8) is 0 Å². The van der Waals surface area contributed by atoms with Gasteiger partial charge in [0.05, 0.1) is 0 Å². The van der Waals surface area contributed by atoms with Gasteiger partial charge >= 0.3 is 0 Å². The molecule has 1 aromatic heterocycles. The number of hydrogen-bond acceptors (Lipinski definition) is 2. The standard InChI is InChI=1S/C51H39NO/c1-51(2)47-22-11-9-18-41(47)42-31-29-39(33-48(42)51)52(37-26-24-35(25-27-37)34-14-5-3-6-15-34)38-28-30-40(46(32-38)36-16-7-4-8-17-36)44-20-13-21-45-43-19-10-12-23-49(43)53-50(44)45/h3-24,26-33,35H,25H2,1-2H3. The Morgan fingerprint density at radius 2 is 1.21 bits per heavy atom. The second-order valence-electron chi connectivity index (χ2n) is 14.9. The number of rotatable bonds is 6. The fraction of sp³-hybridized carbons (Fsp3) is 0.0980. The van der Waals surface area contributed by atoms with Crippen LogP contribution < -0.4 is 4.90 Å². The molecule has 2 aliphatic rings. The minimum absolute atomic E-state index is 0.104. The zero-order chi connectivity index (χ0) is 35.5. The van der Waals surface area contributed by atoms with Gasteiger partial charge in [-0.1, -0.05) is 159 Å². The quantitative estimate of drug-likeness (QED) is 0.174. The first-order valence-electron chi connectivity index (χ1n) is 18.6. The number of hydrogen-bond donors (Lipinski definition) is 0. The molecule has 2 heteroatoms. The largest absolute Gasteiger partial charge is 0.455 e. The third-order valence-corrected chi connectivity index (χ3v) is 11.4. The van der Waals surface area contributed by atoms with E-state index in [2.05, 4.69) is 195 Å². The van der Waals surface area contributed by atoms with Crippen LogP contribution in [-0.4, -0.2) is 0 Å². The van der Waals surface area contributed by atoms with Crippen molar-refractivity contribution in [1.82, 2.24) is 0 Å². The predicted molar refractivity (Wildman–Crippen MR) is 222 cm³/mol. The first-order chi connectivity index (χ1) is 26.0. The lowest BCUT2D eigenvalue weighted by Crippen LogP contribution is -2.19. The SMILES string of the molecule is CC1(C)c2ccccc2-c2ccc(N(C3=CCC(c4ccccc4)C=C3)c3ccc(-c4cccc5c4oc4ccccc45)c(-c4ccccc4)c3)cc21. The van der Waals surface area contributed by atoms with Crippen molar-refractivity contribution in [3.8, 4) is 33.4 Å². The van der Waals surface area contributed by atoms with Gasteiger partial charge in [-0.05, 0) is 87.3 Å². The lowest BCUT2D eigenvalue weighted by atomic mass is 9.82. The molecule has 2 aliphatic carbocycles. The summed E-state index contributed by atoms with van der Waals surface area (Å²) in [6.45, 7) is 4.72. The van der Waals surface area contributed by atoms with E-state index in [0.29, 0.717) is 5.92 Å². The van der Waals surface area contributed by atoms with Crippen molar-refractivity contribution in [3.05, 3.63) is 204 Å². The van der Waals surface area contributed by atoms with Gasteiger partial charge in [-0.3, -0.25) is 0 Å². The van der Waals surface area contributed by atoms with Crippen molar-refractivity contribution in [2.45, 2.75) is 31.6 Å². The third-order valence-electron chi connectivity index (χ3n) is 11.4. The van der Waals surface area contributed by atoms with E-state index in [0.717, 1.165) is 56.4 Å². The fourth-order valence-corrected chi connectivity index (χ4v) is 8.72. The van der Waals surface area contributed by atoms with Crippen LogP contribution in [0.2, 0.25) is 0 Å². The molecule has 8 aromatic rings. The van der Waals surface area contributed by atoms with Crippen LogP contribution in [0.5, 0.6) is 0 Å². The van der Waals surface area contributed by atoms with E-state index in [1.807, 2.05) is 6.07 Å². The van der Waals surface area contributed by atoms with E-state index in [1.54, 1.807) is 0 Å². The van der Waals surface area contributed by atoms with E-state index < -0.39 is 0 Å². The van der Waals surface area contributed by atoms with Gasteiger partial charge in [0.1, 0.15) is 11.2 Å². The zero-order valence-corrected chi connectivity index (χ0v) is 30.0. The van der Waals surface area contributed by atoms with Gasteiger partial charge in [0, 0.05) is 44.7 Å². The van der Waals surface area contributed by atoms with Crippen LogP contribution in [-0.2, 0) is 5.41 Å². The van der Waals surface area contributed by atoms with Crippen LogP contribution in [0.1, 0.15) is 42.9 Å². The number of furan rings is 1. The highest BCUT2D eigenvalue weighted by Crippen LogP contribution is 2.51. The summed E-state index contributed by atoms with van der Waals surface area (Å²) >= 11 is 0. The minimum Gasteiger partial charge on any atom is -0.455 e. The maximum atomic E-state index is 6.58. The Balaban J connectivity index is 1.16. The van der Waals surface area contributed by atoms with E-state index in [4.69, 9.17) is 4.42 Å². The first-order valence-corrected chi connectivity index (χ1v) is 18.6. The van der Waals surface area contributed by atoms with Crippen molar-refractivity contribution < 1.29 is 4.42 Å². The molecule has 0 aliphatic heterocycles. The number of anilines is 2. The Morgan fingerprint density at radius 3 is 2.02 bits per heavy atom. The molecule has 254 valence electrons. The highest BCUT2D eigenvalue weighted by molar-refractivity contribution is 6.10. The molecule has 10 rings (SSSR count). The second kappa shape index (κ2) is 12.4. The Morgan fingerprint density at radius 1 is 0.547 bits per heavy atom. The zero-order valence-electron chi connectivity index (χ0n) is 30.0. The molecule has 0 bridgehead atoms. The molecule has 0 N–H and O–H groups in total. The summed E-state index contributed by atoms with van der Waals surface area (Å²) in [6, 6.07) is 59.3. The van der Waals surface area contributed by atoms with Crippen LogP contribution in [0.3, 0.4) is 0 Å². The molecule has 0 saturated heterocycles. The van der Waals surface area contributed by atoms with Crippen LogP contribution in [0.25, 0.3) is 55.3 Å². The maximum absolute atomic E-state index is 6.58. The highest BCUT2D eigenvalue weighted by atomic mass is 16.3. The Kier molecular flexibility index (Phi) is 7.33. The van der Waals surface area contributed by atoms with Crippen molar-refractivity contribution in [1.29, 1.82) is 0 Å². The first kappa shape index (κ1) is 31.4. The average Bonchev–Trinajstić information content (AvgIpc) is 3.71. The number of benzene rings is 7. The van der Waals surface area contributed by atoms with Gasteiger partial charge in [-0.25, -0.2) is 0 Å². The van der Waals surface area contributed by atoms with E-state index in [1.165, 1.54) is 39.1 Å². The number of para-hydroxylation sites is 2. The van der Waals surface area contributed by atoms with Gasteiger partial charge < -0.3 is 9.32 Å². The van der Waals surface area contributed by atoms with Gasteiger partial charge in [0.2, 0.25) is 0 Å². The molecule has 0 spiro atoms. The predicted octanol–water partition coefficient (Wildman–Crippen LogP) is 14.0. The van der Waals surface area contributed by atoms with Crippen LogP contribution in [0.15, 0.2) is 192 Å². The molecule has 0 radical (unpaired) electrons. The summed E-state index contributed by atoms with van der Waals surface area (Å²) in [7, 11) is 0. The summed E-state index contributed by atoms with van der Waals surface area (Å²) in [5, 5.41) is 2.27. The molecule has 1 heterocycles. The van der Waals surface area contributed by atoms with Gasteiger partial charge in [0.15, 0.2) is 0 Å². The summed E-state index contributed by atoms with van der Waals surface area (Å²) in [6.07, 6.45) is 8.04. The Bertz CT molecular complexity index is 2730. The lowest BCUT2D eigenvalue weighted by Gasteiger charge is -2.31. The highest BCUT2D eigenvalue weighted by Gasteiger charge is 2.36. The molecule has 53 heavy (non-hydrogen) atoms. The van der Waals surface area contributed by atoms with Gasteiger partial charge in [0.25, 0.3) is 0 Å². The Hall–Kier alpha value is -6.38. The molecule has 0 fully saturated rings. The lowest BCUT2D eigenvalue weighted by molar-refractivity contribution is 0.660. The summed E-state index contributed by atoms with van der Waals surface area (Å²) in [5.41, 5.74) is 16.5. The number of fused-ring (bicyclic) bond motifs is 6. The molecule has 2 nitrogen and oxygen atoms in total. The molecule has 7 aromatic carbocycles. The summed E-state index contributed by atoms with van der Waals surface area (Å²) in [5.74, 6) is 0.349. The summed E-state index contributed by atoms with van der Waals surface area (Å²) < 4.78 is 6.58. The molecule has 0 amide bonds. The minimum atomic E-state index is -0.104. The smallest absolute Gasteiger partial charge is 0.143 e. The van der Waals surface area contributed by atoms with Crippen molar-refractivity contribution in [2.24, 2.45) is 0 Å².